The summed E-state index contributed by atoms with van der Waals surface area (Å²) < 4.78 is 33.7. The number of esters is 1. The number of halogens is 3. The maximum atomic E-state index is 14.6. The van der Waals surface area contributed by atoms with Crippen LogP contribution in [0.1, 0.15) is 30.3 Å². The number of methoxy groups -OCH3 is 1. The molecule has 1 aromatic carbocycles. The van der Waals surface area contributed by atoms with Crippen molar-refractivity contribution in [1.29, 1.82) is 0 Å². The lowest BCUT2D eigenvalue weighted by Gasteiger charge is -2.39. The Bertz CT molecular complexity index is 1480. The maximum Gasteiger partial charge on any atom is 0.336 e. The second kappa shape index (κ2) is 11.9. The average molecular weight is 638 g/mol. The molecule has 2 N–H and O–H groups in total. The van der Waals surface area contributed by atoms with Crippen LogP contribution in [-0.4, -0.2) is 94.3 Å². The Balaban J connectivity index is 1.46. The molecule has 3 aliphatic heterocycles. The number of dihydropyridines is 1. The van der Waals surface area contributed by atoms with E-state index in [1.807, 2.05) is 10.3 Å². The van der Waals surface area contributed by atoms with Gasteiger partial charge in [-0.3, -0.25) is 9.69 Å². The molecule has 2 unspecified atom stereocenters. The molecule has 0 bridgehead atoms. The minimum absolute atomic E-state index is 0.0343. The number of benzene rings is 1. The predicted octanol–water partition coefficient (Wildman–Crippen LogP) is 3.93. The highest BCUT2D eigenvalue weighted by Crippen LogP contribution is 2.40. The van der Waals surface area contributed by atoms with Crippen LogP contribution < -0.4 is 5.32 Å². The maximum absolute atomic E-state index is 14.6. The fourth-order valence-electron chi connectivity index (χ4n) is 5.59. The van der Waals surface area contributed by atoms with E-state index in [4.69, 9.17) is 28.6 Å². The molecule has 0 spiro atoms. The number of thiazole rings is 1. The number of carboxylic acids is 1. The molecule has 0 radical (unpaired) electrons. The van der Waals surface area contributed by atoms with E-state index in [9.17, 15) is 23.5 Å². The van der Waals surface area contributed by atoms with Crippen molar-refractivity contribution in [3.63, 3.8) is 0 Å². The molecule has 2 saturated heterocycles. The van der Waals surface area contributed by atoms with Crippen LogP contribution in [0.2, 0.25) is 5.02 Å². The number of nitrogens with zero attached hydrogens (tertiary/aromatic N) is 4. The number of allylic oxidation sites excluding steroid dienone is 1. The predicted molar refractivity (Wildman–Crippen MR) is 159 cm³/mol. The Morgan fingerprint density at radius 3 is 2.71 bits per heavy atom. The van der Waals surface area contributed by atoms with E-state index in [0.29, 0.717) is 60.8 Å². The Morgan fingerprint density at radius 2 is 2.05 bits per heavy atom. The first-order valence-electron chi connectivity index (χ1n) is 13.3. The van der Waals surface area contributed by atoms with E-state index >= 15 is 0 Å². The summed E-state index contributed by atoms with van der Waals surface area (Å²) in [6.07, 6.45) is 3.38. The molecule has 3 aliphatic rings. The lowest BCUT2D eigenvalue weighted by Crippen LogP contribution is -2.53. The number of carbonyl (C=O) groups is 2. The SMILES string of the molecule is COC(=O)C1=C(CN2CCN3C(=S)N(CC(C)(C)C(=O)O)CC3C2)NC(c2nccs2)=CC1c1ccc(F)c(F)c1Cl. The van der Waals surface area contributed by atoms with Crippen LogP contribution in [0.15, 0.2) is 41.1 Å². The van der Waals surface area contributed by atoms with Crippen molar-refractivity contribution in [2.24, 2.45) is 5.41 Å². The van der Waals surface area contributed by atoms with Gasteiger partial charge in [0.1, 0.15) is 5.01 Å². The normalized spacial score (nSPS) is 21.3. The number of aromatic nitrogens is 1. The molecule has 2 aromatic rings. The summed E-state index contributed by atoms with van der Waals surface area (Å²) >= 11 is 13.4. The summed E-state index contributed by atoms with van der Waals surface area (Å²) in [5.74, 6) is -4.61. The number of thiocarbonyl (C=S) groups is 1. The fraction of sp³-hybridized carbons (Fsp3) is 0.429. The Labute approximate surface area is 256 Å². The number of rotatable bonds is 8. The lowest BCUT2D eigenvalue weighted by molar-refractivity contribution is -0.147. The summed E-state index contributed by atoms with van der Waals surface area (Å²) in [6, 6.07) is 2.40. The Morgan fingerprint density at radius 1 is 1.29 bits per heavy atom. The van der Waals surface area contributed by atoms with Crippen molar-refractivity contribution in [3.05, 3.63) is 68.3 Å². The van der Waals surface area contributed by atoms with Gasteiger partial charge in [-0.2, -0.15) is 0 Å². The van der Waals surface area contributed by atoms with E-state index in [2.05, 4.69) is 20.1 Å². The molecule has 0 amide bonds. The van der Waals surface area contributed by atoms with Gasteiger partial charge in [0, 0.05) is 62.5 Å². The van der Waals surface area contributed by atoms with Crippen LogP contribution in [0.5, 0.6) is 0 Å². The van der Waals surface area contributed by atoms with Crippen LogP contribution in [-0.2, 0) is 14.3 Å². The van der Waals surface area contributed by atoms with Crippen molar-refractivity contribution in [2.75, 3.05) is 46.4 Å². The van der Waals surface area contributed by atoms with Crippen molar-refractivity contribution >= 4 is 57.9 Å². The van der Waals surface area contributed by atoms with Gasteiger partial charge < -0.3 is 25.0 Å². The van der Waals surface area contributed by atoms with Gasteiger partial charge in [0.15, 0.2) is 16.7 Å². The van der Waals surface area contributed by atoms with Gasteiger partial charge in [0.05, 0.1) is 34.9 Å². The van der Waals surface area contributed by atoms with E-state index in [-0.39, 0.29) is 17.2 Å². The molecule has 14 heteroatoms. The number of aliphatic carboxylic acids is 1. The monoisotopic (exact) mass is 637 g/mol. The van der Waals surface area contributed by atoms with E-state index in [1.165, 1.54) is 24.5 Å². The van der Waals surface area contributed by atoms with Crippen molar-refractivity contribution in [1.82, 2.24) is 25.0 Å². The average Bonchev–Trinajstić information content (AvgIpc) is 3.59. The molecule has 1 aromatic heterocycles. The van der Waals surface area contributed by atoms with Crippen LogP contribution in [0.4, 0.5) is 8.78 Å². The van der Waals surface area contributed by atoms with Gasteiger partial charge in [0.2, 0.25) is 0 Å². The first-order valence-corrected chi connectivity index (χ1v) is 14.9. The third kappa shape index (κ3) is 5.75. The van der Waals surface area contributed by atoms with Crippen molar-refractivity contribution in [3.8, 4) is 0 Å². The van der Waals surface area contributed by atoms with Crippen molar-refractivity contribution in [2.45, 2.75) is 25.8 Å². The lowest BCUT2D eigenvalue weighted by atomic mass is 9.86. The van der Waals surface area contributed by atoms with Gasteiger partial charge in [-0.15, -0.1) is 11.3 Å². The number of nitrogens with one attached hydrogen (secondary N) is 1. The smallest absolute Gasteiger partial charge is 0.336 e. The number of carboxylic acid groups (broad SMARTS) is 1. The molecule has 9 nitrogen and oxygen atoms in total. The van der Waals surface area contributed by atoms with Crippen LogP contribution in [0.3, 0.4) is 0 Å². The minimum Gasteiger partial charge on any atom is -0.481 e. The molecule has 2 fully saturated rings. The minimum atomic E-state index is -1.19. The number of hydrogen-bond acceptors (Lipinski definition) is 8. The molecule has 42 heavy (non-hydrogen) atoms. The summed E-state index contributed by atoms with van der Waals surface area (Å²) in [6.45, 7) is 6.42. The molecular weight excluding hydrogens is 608 g/mol. The fourth-order valence-corrected chi connectivity index (χ4v) is 6.86. The van der Waals surface area contributed by atoms with E-state index in [1.54, 1.807) is 26.1 Å². The topological polar surface area (TPSA) is 98.2 Å². The number of carbonyl (C=O) groups excluding carboxylic acids is 1. The van der Waals surface area contributed by atoms with E-state index < -0.39 is 39.9 Å². The number of fused-ring (bicyclic) bond motifs is 1. The van der Waals surface area contributed by atoms with Crippen LogP contribution >= 0.6 is 35.2 Å². The van der Waals surface area contributed by atoms with Gasteiger partial charge in [-0.1, -0.05) is 17.7 Å². The van der Waals surface area contributed by atoms with Crippen LogP contribution in [0, 0.1) is 17.0 Å². The number of ether oxygens (including phenoxy) is 1. The second-order valence-electron chi connectivity index (χ2n) is 11.1. The number of piperazine rings is 1. The van der Waals surface area contributed by atoms with Crippen molar-refractivity contribution < 1.29 is 28.2 Å². The van der Waals surface area contributed by atoms with Gasteiger partial charge in [-0.25, -0.2) is 18.6 Å². The molecular formula is C28H30ClF2N5O4S2. The Hall–Kier alpha value is -3.13. The van der Waals surface area contributed by atoms with Gasteiger partial charge in [0.25, 0.3) is 0 Å². The zero-order chi connectivity index (χ0) is 30.3. The highest BCUT2D eigenvalue weighted by atomic mass is 35.5. The zero-order valence-corrected chi connectivity index (χ0v) is 25.6. The largest absolute Gasteiger partial charge is 0.481 e. The molecule has 0 aliphatic carbocycles. The molecule has 2 atom stereocenters. The molecule has 224 valence electrons. The first-order chi connectivity index (χ1) is 19.9. The quantitative estimate of drug-likeness (QED) is 0.252. The Kier molecular flexibility index (Phi) is 8.57. The number of hydrogen-bond donors (Lipinski definition) is 2. The van der Waals surface area contributed by atoms with Gasteiger partial charge >= 0.3 is 11.9 Å². The molecule has 4 heterocycles. The second-order valence-corrected chi connectivity index (χ2v) is 12.7. The third-order valence-corrected chi connectivity index (χ3v) is 9.47. The third-order valence-electron chi connectivity index (χ3n) is 7.78. The first kappa shape index (κ1) is 30.3. The van der Waals surface area contributed by atoms with E-state index in [0.717, 1.165) is 6.07 Å². The molecule has 0 saturated carbocycles. The highest BCUT2D eigenvalue weighted by Gasteiger charge is 2.42. The van der Waals surface area contributed by atoms with Crippen LogP contribution in [0.25, 0.3) is 5.70 Å². The zero-order valence-electron chi connectivity index (χ0n) is 23.2. The summed E-state index contributed by atoms with van der Waals surface area (Å²) in [4.78, 5) is 35.6. The standard InChI is InChI=1S/C28H30ClF2N5O4S2/c1-28(2,26(38)39)14-35-12-15-11-34(7-8-36(15)27(35)41)13-20-21(25(37)40-3)17(10-19(33-20)24-32-6-9-42-24)16-4-5-18(30)23(31)22(16)29/h4-6,9-10,15,17,33H,7-8,11-14H2,1-3H3,(H,38,39). The summed E-state index contributed by atoms with van der Waals surface area (Å²) in [5, 5.41) is 15.7. The highest BCUT2D eigenvalue weighted by molar-refractivity contribution is 7.80. The van der Waals surface area contributed by atoms with Gasteiger partial charge in [-0.05, 0) is 43.8 Å². The summed E-state index contributed by atoms with van der Waals surface area (Å²) in [5.41, 5.74) is 0.658. The summed E-state index contributed by atoms with van der Waals surface area (Å²) in [7, 11) is 1.27. The molecule has 5 rings (SSSR count).